The third-order valence-corrected chi connectivity index (χ3v) is 3.70. The number of hydrogen-bond donors (Lipinski definition) is 1. The van der Waals surface area contributed by atoms with Gasteiger partial charge in [0.15, 0.2) is 0 Å². The Kier molecular flexibility index (Phi) is 3.06. The zero-order chi connectivity index (χ0) is 11.7. The number of nitriles is 1. The average Bonchev–Trinajstić information content (AvgIpc) is 2.59. The number of anilines is 1. The van der Waals surface area contributed by atoms with Crippen LogP contribution in [0.1, 0.15) is 4.88 Å². The molecule has 2 nitrogen and oxygen atoms in total. The van der Waals surface area contributed by atoms with E-state index < -0.39 is 0 Å². The molecule has 1 aromatic carbocycles. The van der Waals surface area contributed by atoms with Crippen molar-refractivity contribution in [3.05, 3.63) is 39.2 Å². The summed E-state index contributed by atoms with van der Waals surface area (Å²) in [6, 6.07) is 9.03. The maximum atomic E-state index is 8.82. The van der Waals surface area contributed by atoms with E-state index in [-0.39, 0.29) is 0 Å². The lowest BCUT2D eigenvalue weighted by Crippen LogP contribution is -1.81. The van der Waals surface area contributed by atoms with Gasteiger partial charge in [-0.2, -0.15) is 5.26 Å². The fourth-order valence-electron chi connectivity index (χ4n) is 1.31. The molecule has 80 valence electrons. The molecule has 0 saturated heterocycles. The fraction of sp³-hybridized carbons (Fsp3) is 0. The van der Waals surface area contributed by atoms with Crippen LogP contribution in [-0.2, 0) is 0 Å². The third kappa shape index (κ3) is 2.00. The molecule has 1 heterocycles. The van der Waals surface area contributed by atoms with Gasteiger partial charge in [0.1, 0.15) is 10.9 Å². The standard InChI is InChI=1S/C11H6Cl2N2S/c12-6-1-2-7(8(13)3-6)10-4-9(15)11(5-14)16-10/h1-4H,15H2. The highest BCUT2D eigenvalue weighted by Crippen LogP contribution is 2.37. The summed E-state index contributed by atoms with van der Waals surface area (Å²) in [6.45, 7) is 0. The summed E-state index contributed by atoms with van der Waals surface area (Å²) >= 11 is 13.2. The van der Waals surface area contributed by atoms with Gasteiger partial charge in [-0.05, 0) is 18.2 Å². The summed E-state index contributed by atoms with van der Waals surface area (Å²) in [6.07, 6.45) is 0. The van der Waals surface area contributed by atoms with Crippen LogP contribution in [-0.4, -0.2) is 0 Å². The minimum Gasteiger partial charge on any atom is -0.397 e. The zero-order valence-electron chi connectivity index (χ0n) is 8.00. The van der Waals surface area contributed by atoms with Crippen molar-refractivity contribution in [3.63, 3.8) is 0 Å². The molecule has 1 aromatic heterocycles. The van der Waals surface area contributed by atoms with Gasteiger partial charge < -0.3 is 5.73 Å². The quantitative estimate of drug-likeness (QED) is 0.844. The monoisotopic (exact) mass is 268 g/mol. The second kappa shape index (κ2) is 4.34. The second-order valence-electron chi connectivity index (χ2n) is 3.13. The van der Waals surface area contributed by atoms with Gasteiger partial charge in [-0.1, -0.05) is 29.3 Å². The Hall–Kier alpha value is -1.21. The van der Waals surface area contributed by atoms with E-state index in [4.69, 9.17) is 34.2 Å². The van der Waals surface area contributed by atoms with Crippen LogP contribution in [0.25, 0.3) is 10.4 Å². The Balaban J connectivity index is 2.55. The molecule has 16 heavy (non-hydrogen) atoms. The topological polar surface area (TPSA) is 49.8 Å². The summed E-state index contributed by atoms with van der Waals surface area (Å²) < 4.78 is 0. The smallest absolute Gasteiger partial charge is 0.128 e. The van der Waals surface area contributed by atoms with Gasteiger partial charge in [-0.3, -0.25) is 0 Å². The normalized spacial score (nSPS) is 10.1. The molecular weight excluding hydrogens is 263 g/mol. The molecule has 0 saturated carbocycles. The molecular formula is C11H6Cl2N2S. The van der Waals surface area contributed by atoms with E-state index in [1.54, 1.807) is 18.2 Å². The van der Waals surface area contributed by atoms with Crippen LogP contribution in [0.4, 0.5) is 5.69 Å². The molecule has 5 heteroatoms. The van der Waals surface area contributed by atoms with E-state index in [0.29, 0.717) is 20.6 Å². The van der Waals surface area contributed by atoms with Gasteiger partial charge in [0.05, 0.1) is 10.7 Å². The lowest BCUT2D eigenvalue weighted by atomic mass is 10.2. The molecule has 0 bridgehead atoms. The van der Waals surface area contributed by atoms with Crippen molar-refractivity contribution in [3.8, 4) is 16.5 Å². The maximum Gasteiger partial charge on any atom is 0.128 e. The van der Waals surface area contributed by atoms with Crippen molar-refractivity contribution in [2.24, 2.45) is 0 Å². The van der Waals surface area contributed by atoms with Crippen molar-refractivity contribution >= 4 is 40.2 Å². The van der Waals surface area contributed by atoms with Crippen LogP contribution in [0.15, 0.2) is 24.3 Å². The number of rotatable bonds is 1. The lowest BCUT2D eigenvalue weighted by molar-refractivity contribution is 1.52. The summed E-state index contributed by atoms with van der Waals surface area (Å²) in [4.78, 5) is 1.37. The number of hydrogen-bond acceptors (Lipinski definition) is 3. The molecule has 0 amide bonds. The molecule has 0 spiro atoms. The summed E-state index contributed by atoms with van der Waals surface area (Å²) in [5, 5.41) is 9.95. The molecule has 0 radical (unpaired) electrons. The van der Waals surface area contributed by atoms with Crippen LogP contribution in [0.3, 0.4) is 0 Å². The van der Waals surface area contributed by atoms with Gasteiger partial charge in [0, 0.05) is 15.5 Å². The number of benzene rings is 1. The van der Waals surface area contributed by atoms with Gasteiger partial charge in [-0.15, -0.1) is 11.3 Å². The molecule has 0 fully saturated rings. The molecule has 0 aliphatic carbocycles. The minimum atomic E-state index is 0.480. The molecule has 2 N–H and O–H groups in total. The van der Waals surface area contributed by atoms with Crippen LogP contribution < -0.4 is 5.73 Å². The first-order chi connectivity index (χ1) is 7.61. The zero-order valence-corrected chi connectivity index (χ0v) is 10.3. The van der Waals surface area contributed by atoms with Crippen molar-refractivity contribution < 1.29 is 0 Å². The van der Waals surface area contributed by atoms with Crippen molar-refractivity contribution in [1.82, 2.24) is 0 Å². The highest BCUT2D eigenvalue weighted by molar-refractivity contribution is 7.16. The van der Waals surface area contributed by atoms with E-state index >= 15 is 0 Å². The number of nitrogens with zero attached hydrogens (tertiary/aromatic N) is 1. The highest BCUT2D eigenvalue weighted by Gasteiger charge is 2.10. The Morgan fingerprint density at radius 2 is 2.00 bits per heavy atom. The van der Waals surface area contributed by atoms with E-state index in [0.717, 1.165) is 10.4 Å². The SMILES string of the molecule is N#Cc1sc(-c2ccc(Cl)cc2Cl)cc1N. The second-order valence-corrected chi connectivity index (χ2v) is 5.03. The largest absolute Gasteiger partial charge is 0.397 e. The van der Waals surface area contributed by atoms with E-state index in [1.165, 1.54) is 11.3 Å². The Morgan fingerprint density at radius 3 is 2.56 bits per heavy atom. The molecule has 0 unspecified atom stereocenters. The summed E-state index contributed by atoms with van der Waals surface area (Å²) in [5.41, 5.74) is 7.01. The number of nitrogen functional groups attached to an aromatic ring is 1. The van der Waals surface area contributed by atoms with Crippen molar-refractivity contribution in [2.75, 3.05) is 5.73 Å². The van der Waals surface area contributed by atoms with Crippen LogP contribution in [0.2, 0.25) is 10.0 Å². The van der Waals surface area contributed by atoms with Gasteiger partial charge in [-0.25, -0.2) is 0 Å². The maximum absolute atomic E-state index is 8.82. The Labute approximate surface area is 107 Å². The van der Waals surface area contributed by atoms with Crippen molar-refractivity contribution in [1.29, 1.82) is 5.26 Å². The highest BCUT2D eigenvalue weighted by atomic mass is 35.5. The first-order valence-corrected chi connectivity index (χ1v) is 5.94. The number of thiophene rings is 1. The summed E-state index contributed by atoms with van der Waals surface area (Å²) in [5.74, 6) is 0. The predicted molar refractivity (Wildman–Crippen MR) is 68.9 cm³/mol. The van der Waals surface area contributed by atoms with Crippen LogP contribution in [0, 0.1) is 11.3 Å². The molecule has 0 aliphatic heterocycles. The molecule has 0 aliphatic rings. The third-order valence-electron chi connectivity index (χ3n) is 2.06. The lowest BCUT2D eigenvalue weighted by Gasteiger charge is -2.00. The Bertz CT molecular complexity index is 584. The van der Waals surface area contributed by atoms with Crippen LogP contribution in [0.5, 0.6) is 0 Å². The minimum absolute atomic E-state index is 0.480. The molecule has 2 aromatic rings. The fourth-order valence-corrected chi connectivity index (χ4v) is 2.80. The number of halogens is 2. The van der Waals surface area contributed by atoms with E-state index in [1.807, 2.05) is 12.1 Å². The Morgan fingerprint density at radius 1 is 1.25 bits per heavy atom. The molecule has 0 atom stereocenters. The average molecular weight is 269 g/mol. The van der Waals surface area contributed by atoms with E-state index in [9.17, 15) is 0 Å². The van der Waals surface area contributed by atoms with Gasteiger partial charge >= 0.3 is 0 Å². The van der Waals surface area contributed by atoms with Crippen molar-refractivity contribution in [2.45, 2.75) is 0 Å². The van der Waals surface area contributed by atoms with E-state index in [2.05, 4.69) is 0 Å². The van der Waals surface area contributed by atoms with Gasteiger partial charge in [0.25, 0.3) is 0 Å². The molecule has 2 rings (SSSR count). The first-order valence-electron chi connectivity index (χ1n) is 4.36. The number of nitrogens with two attached hydrogens (primary N) is 1. The van der Waals surface area contributed by atoms with Gasteiger partial charge in [0.2, 0.25) is 0 Å². The summed E-state index contributed by atoms with van der Waals surface area (Å²) in [7, 11) is 0. The first kappa shape index (κ1) is 11.3. The van der Waals surface area contributed by atoms with Crippen LogP contribution >= 0.6 is 34.5 Å². The predicted octanol–water partition coefficient (Wildman–Crippen LogP) is 4.18.